The average molecular weight is 338 g/mol. The van der Waals surface area contributed by atoms with Crippen LogP contribution in [0.4, 0.5) is 5.82 Å². The molecule has 0 unspecified atom stereocenters. The van der Waals surface area contributed by atoms with Crippen molar-refractivity contribution in [2.24, 2.45) is 0 Å². The zero-order valence-corrected chi connectivity index (χ0v) is 13.4. The lowest BCUT2D eigenvalue weighted by Gasteiger charge is -2.37. The summed E-state index contributed by atoms with van der Waals surface area (Å²) >= 11 is 3.46. The van der Waals surface area contributed by atoms with E-state index in [4.69, 9.17) is 0 Å². The Kier molecular flexibility index (Phi) is 3.96. The Hall–Kier alpha value is -1.10. The van der Waals surface area contributed by atoms with Crippen LogP contribution in [0.5, 0.6) is 0 Å². The summed E-state index contributed by atoms with van der Waals surface area (Å²) in [4.78, 5) is 20.8. The van der Waals surface area contributed by atoms with Crippen molar-refractivity contribution in [2.45, 2.75) is 38.6 Å². The third kappa shape index (κ3) is 2.68. The summed E-state index contributed by atoms with van der Waals surface area (Å²) in [5.41, 5.74) is 1.20. The molecule has 5 heteroatoms. The van der Waals surface area contributed by atoms with Gasteiger partial charge >= 0.3 is 0 Å². The lowest BCUT2D eigenvalue weighted by Crippen LogP contribution is -2.45. The van der Waals surface area contributed by atoms with Crippen LogP contribution < -0.4 is 4.90 Å². The third-order valence-corrected chi connectivity index (χ3v) is 4.77. The highest BCUT2D eigenvalue weighted by atomic mass is 79.9. The summed E-state index contributed by atoms with van der Waals surface area (Å²) in [5.74, 6) is 1.43. The maximum absolute atomic E-state index is 11.8. The molecule has 2 aliphatic heterocycles. The van der Waals surface area contributed by atoms with Crippen LogP contribution in [0.2, 0.25) is 0 Å². The lowest BCUT2D eigenvalue weighted by atomic mass is 10.0. The number of nitrogens with zero attached hydrogens (tertiary/aromatic N) is 3. The summed E-state index contributed by atoms with van der Waals surface area (Å²) in [5, 5.41) is 0. The average Bonchev–Trinajstić information content (AvgIpc) is 2.85. The van der Waals surface area contributed by atoms with Gasteiger partial charge in [0.15, 0.2) is 0 Å². The molecule has 0 atom stereocenters. The number of amides is 1. The summed E-state index contributed by atoms with van der Waals surface area (Å²) in [7, 11) is 0. The van der Waals surface area contributed by atoms with Crippen LogP contribution in [0.25, 0.3) is 0 Å². The van der Waals surface area contributed by atoms with Gasteiger partial charge in [-0.2, -0.15) is 0 Å². The topological polar surface area (TPSA) is 36.4 Å². The SMILES string of the molecule is Cc1cc(Br)cnc1N1CCC(N2CCCC2=O)CC1. The van der Waals surface area contributed by atoms with E-state index in [0.29, 0.717) is 11.9 Å². The second-order valence-corrected chi connectivity index (χ2v) is 6.62. The molecule has 1 amide bonds. The van der Waals surface area contributed by atoms with E-state index in [9.17, 15) is 4.79 Å². The number of carbonyl (C=O) groups excluding carboxylic acids is 1. The third-order valence-electron chi connectivity index (χ3n) is 4.33. The Morgan fingerprint density at radius 1 is 1.30 bits per heavy atom. The molecule has 108 valence electrons. The number of aromatic nitrogens is 1. The first kappa shape index (κ1) is 13.9. The predicted molar refractivity (Wildman–Crippen MR) is 82.9 cm³/mol. The van der Waals surface area contributed by atoms with Gasteiger partial charge in [0.1, 0.15) is 5.82 Å². The van der Waals surface area contributed by atoms with Crippen molar-refractivity contribution in [3.05, 3.63) is 22.3 Å². The molecular weight excluding hydrogens is 318 g/mol. The Balaban J connectivity index is 1.65. The molecule has 0 aliphatic carbocycles. The zero-order chi connectivity index (χ0) is 14.1. The first-order valence-electron chi connectivity index (χ1n) is 7.32. The van der Waals surface area contributed by atoms with E-state index in [-0.39, 0.29) is 0 Å². The summed E-state index contributed by atoms with van der Waals surface area (Å²) in [6.07, 6.45) is 5.75. The first-order valence-corrected chi connectivity index (χ1v) is 8.11. The Morgan fingerprint density at radius 2 is 2.05 bits per heavy atom. The maximum Gasteiger partial charge on any atom is 0.222 e. The zero-order valence-electron chi connectivity index (χ0n) is 11.8. The second kappa shape index (κ2) is 5.72. The van der Waals surface area contributed by atoms with Gasteiger partial charge in [0.05, 0.1) is 0 Å². The molecule has 0 aromatic carbocycles. The highest BCUT2D eigenvalue weighted by Gasteiger charge is 2.31. The van der Waals surface area contributed by atoms with Crippen molar-refractivity contribution < 1.29 is 4.79 Å². The number of carbonyl (C=O) groups is 1. The molecule has 3 heterocycles. The van der Waals surface area contributed by atoms with E-state index in [1.165, 1.54) is 5.56 Å². The number of aryl methyl sites for hydroxylation is 1. The maximum atomic E-state index is 11.8. The Morgan fingerprint density at radius 3 is 2.65 bits per heavy atom. The van der Waals surface area contributed by atoms with Crippen LogP contribution in [0.3, 0.4) is 0 Å². The molecule has 0 N–H and O–H groups in total. The number of hydrogen-bond donors (Lipinski definition) is 0. The molecule has 4 nitrogen and oxygen atoms in total. The molecule has 1 aromatic rings. The Bertz CT molecular complexity index is 512. The summed E-state index contributed by atoms with van der Waals surface area (Å²) in [6, 6.07) is 2.55. The molecule has 3 rings (SSSR count). The number of piperidine rings is 1. The largest absolute Gasteiger partial charge is 0.356 e. The van der Waals surface area contributed by atoms with E-state index in [1.54, 1.807) is 0 Å². The van der Waals surface area contributed by atoms with Crippen molar-refractivity contribution >= 4 is 27.7 Å². The predicted octanol–water partition coefficient (Wildman–Crippen LogP) is 2.74. The lowest BCUT2D eigenvalue weighted by molar-refractivity contribution is -0.130. The van der Waals surface area contributed by atoms with Crippen molar-refractivity contribution in [3.63, 3.8) is 0 Å². The second-order valence-electron chi connectivity index (χ2n) is 5.70. The van der Waals surface area contributed by atoms with Gasteiger partial charge in [-0.15, -0.1) is 0 Å². The van der Waals surface area contributed by atoms with Gasteiger partial charge in [-0.3, -0.25) is 4.79 Å². The molecule has 0 saturated carbocycles. The quantitative estimate of drug-likeness (QED) is 0.832. The normalized spacial score (nSPS) is 20.8. The van der Waals surface area contributed by atoms with E-state index in [0.717, 1.165) is 55.6 Å². The minimum atomic E-state index is 0.349. The van der Waals surface area contributed by atoms with Gasteiger partial charge < -0.3 is 9.80 Å². The van der Waals surface area contributed by atoms with Gasteiger partial charge in [0, 0.05) is 42.8 Å². The van der Waals surface area contributed by atoms with E-state index < -0.39 is 0 Å². The molecule has 0 bridgehead atoms. The van der Waals surface area contributed by atoms with Gasteiger partial charge in [0.2, 0.25) is 5.91 Å². The van der Waals surface area contributed by atoms with Crippen LogP contribution in [-0.2, 0) is 4.79 Å². The fourth-order valence-electron chi connectivity index (χ4n) is 3.31. The minimum Gasteiger partial charge on any atom is -0.356 e. The molecule has 2 saturated heterocycles. The van der Waals surface area contributed by atoms with E-state index >= 15 is 0 Å². The smallest absolute Gasteiger partial charge is 0.222 e. The fourth-order valence-corrected chi connectivity index (χ4v) is 3.75. The summed E-state index contributed by atoms with van der Waals surface area (Å²) in [6.45, 7) is 5.04. The number of anilines is 1. The van der Waals surface area contributed by atoms with Crippen LogP contribution in [-0.4, -0.2) is 41.5 Å². The van der Waals surface area contributed by atoms with Gasteiger partial charge in [-0.1, -0.05) is 0 Å². The van der Waals surface area contributed by atoms with Crippen LogP contribution >= 0.6 is 15.9 Å². The van der Waals surface area contributed by atoms with Crippen molar-refractivity contribution in [3.8, 4) is 0 Å². The molecule has 1 aromatic heterocycles. The molecule has 20 heavy (non-hydrogen) atoms. The standard InChI is InChI=1S/C15H20BrN3O/c1-11-9-12(16)10-17-15(11)18-7-4-13(5-8-18)19-6-2-3-14(19)20/h9-10,13H,2-8H2,1H3. The number of likely N-dealkylation sites (tertiary alicyclic amines) is 1. The molecule has 2 aliphatic rings. The fraction of sp³-hybridized carbons (Fsp3) is 0.600. The van der Waals surface area contributed by atoms with Crippen LogP contribution in [0.1, 0.15) is 31.2 Å². The summed E-state index contributed by atoms with van der Waals surface area (Å²) < 4.78 is 1.02. The number of halogens is 1. The van der Waals surface area contributed by atoms with Crippen LogP contribution in [0.15, 0.2) is 16.7 Å². The van der Waals surface area contributed by atoms with Gasteiger partial charge in [0.25, 0.3) is 0 Å². The highest BCUT2D eigenvalue weighted by molar-refractivity contribution is 9.10. The van der Waals surface area contributed by atoms with E-state index in [2.05, 4.69) is 43.7 Å². The first-order chi connectivity index (χ1) is 9.65. The number of hydrogen-bond acceptors (Lipinski definition) is 3. The van der Waals surface area contributed by atoms with E-state index in [1.807, 2.05) is 6.20 Å². The van der Waals surface area contributed by atoms with Crippen LogP contribution in [0, 0.1) is 6.92 Å². The van der Waals surface area contributed by atoms with Gasteiger partial charge in [-0.25, -0.2) is 4.98 Å². The molecule has 0 radical (unpaired) electrons. The highest BCUT2D eigenvalue weighted by Crippen LogP contribution is 2.27. The van der Waals surface area contributed by atoms with Crippen molar-refractivity contribution in [2.75, 3.05) is 24.5 Å². The van der Waals surface area contributed by atoms with Crippen molar-refractivity contribution in [1.29, 1.82) is 0 Å². The van der Waals surface area contributed by atoms with Crippen molar-refractivity contribution in [1.82, 2.24) is 9.88 Å². The number of pyridine rings is 1. The van der Waals surface area contributed by atoms with Gasteiger partial charge in [-0.05, 0) is 53.7 Å². The molecule has 0 spiro atoms. The molecule has 2 fully saturated rings. The molecular formula is C15H20BrN3O. The Labute approximate surface area is 128 Å². The monoisotopic (exact) mass is 337 g/mol. The minimum absolute atomic E-state index is 0.349. The number of rotatable bonds is 2.